The number of carbonyl (C=O) groups is 1. The number of aryl methyl sites for hydroxylation is 1. The normalized spacial score (nSPS) is 10.3. The molecular formula is C10H14N2O3. The van der Waals surface area contributed by atoms with Crippen LogP contribution < -0.4 is 0 Å². The minimum atomic E-state index is -0.868. The molecule has 0 saturated carbocycles. The van der Waals surface area contributed by atoms with Crippen molar-refractivity contribution in [2.45, 2.75) is 26.4 Å². The van der Waals surface area contributed by atoms with Crippen molar-refractivity contribution in [2.75, 3.05) is 7.11 Å². The van der Waals surface area contributed by atoms with E-state index in [0.29, 0.717) is 24.4 Å². The Labute approximate surface area is 88.1 Å². The lowest BCUT2D eigenvalue weighted by Crippen LogP contribution is -2.08. The number of aromatic nitrogens is 2. The zero-order valence-electron chi connectivity index (χ0n) is 8.86. The number of carboxylic acids is 1. The van der Waals surface area contributed by atoms with Crippen molar-refractivity contribution in [3.8, 4) is 0 Å². The van der Waals surface area contributed by atoms with Crippen LogP contribution in [0.1, 0.15) is 24.0 Å². The van der Waals surface area contributed by atoms with Gasteiger partial charge in [0.15, 0.2) is 5.82 Å². The molecule has 1 heterocycles. The Morgan fingerprint density at radius 2 is 2.33 bits per heavy atom. The molecule has 0 fully saturated rings. The van der Waals surface area contributed by atoms with Crippen molar-refractivity contribution < 1.29 is 14.6 Å². The first-order chi connectivity index (χ1) is 7.17. The third-order valence-corrected chi connectivity index (χ3v) is 1.95. The van der Waals surface area contributed by atoms with Gasteiger partial charge in [-0.15, -0.1) is 0 Å². The van der Waals surface area contributed by atoms with Crippen LogP contribution in [0.25, 0.3) is 0 Å². The van der Waals surface area contributed by atoms with E-state index < -0.39 is 5.97 Å². The molecule has 1 rings (SSSR count). The molecule has 0 unspecified atom stereocenters. The van der Waals surface area contributed by atoms with Gasteiger partial charge in [-0.3, -0.25) is 4.79 Å². The lowest BCUT2D eigenvalue weighted by molar-refractivity contribution is -0.136. The van der Waals surface area contributed by atoms with Crippen LogP contribution in [0.4, 0.5) is 0 Å². The van der Waals surface area contributed by atoms with Crippen molar-refractivity contribution in [2.24, 2.45) is 0 Å². The largest absolute Gasteiger partial charge is 0.481 e. The number of carboxylic acid groups (broad SMARTS) is 1. The molecule has 15 heavy (non-hydrogen) atoms. The molecule has 0 aliphatic heterocycles. The third-order valence-electron chi connectivity index (χ3n) is 1.95. The monoisotopic (exact) mass is 210 g/mol. The summed E-state index contributed by atoms with van der Waals surface area (Å²) in [5.41, 5.74) is 1.45. The van der Waals surface area contributed by atoms with Gasteiger partial charge in [-0.25, -0.2) is 9.97 Å². The molecule has 0 saturated heterocycles. The fourth-order valence-electron chi connectivity index (χ4n) is 1.30. The van der Waals surface area contributed by atoms with Gasteiger partial charge in [-0.2, -0.15) is 0 Å². The van der Waals surface area contributed by atoms with Crippen LogP contribution in [0.3, 0.4) is 0 Å². The number of ether oxygens (including phenoxy) is 1. The smallest absolute Gasteiger partial charge is 0.307 e. The predicted octanol–water partition coefficient (Wildman–Crippen LogP) is 0.813. The maximum atomic E-state index is 10.6. The maximum absolute atomic E-state index is 10.6. The molecule has 5 nitrogen and oxygen atoms in total. The van der Waals surface area contributed by atoms with Gasteiger partial charge in [0.25, 0.3) is 0 Å². The van der Waals surface area contributed by atoms with Gasteiger partial charge in [0.05, 0.1) is 6.42 Å². The van der Waals surface area contributed by atoms with E-state index in [1.165, 1.54) is 0 Å². The number of hydrogen-bond donors (Lipinski definition) is 1. The quantitative estimate of drug-likeness (QED) is 0.778. The summed E-state index contributed by atoms with van der Waals surface area (Å²) in [6, 6.07) is 0. The van der Waals surface area contributed by atoms with Gasteiger partial charge in [0, 0.05) is 24.6 Å². The van der Waals surface area contributed by atoms with E-state index in [1.807, 2.05) is 6.92 Å². The summed E-state index contributed by atoms with van der Waals surface area (Å²) in [4.78, 5) is 18.8. The fourth-order valence-corrected chi connectivity index (χ4v) is 1.30. The lowest BCUT2D eigenvalue weighted by atomic mass is 10.1. The molecular weight excluding hydrogens is 196 g/mol. The second kappa shape index (κ2) is 5.41. The van der Waals surface area contributed by atoms with E-state index in [0.717, 1.165) is 5.69 Å². The summed E-state index contributed by atoms with van der Waals surface area (Å²) in [7, 11) is 1.57. The third kappa shape index (κ3) is 3.28. The Bertz CT molecular complexity index is 353. The summed E-state index contributed by atoms with van der Waals surface area (Å²) in [6.45, 7) is 2.28. The summed E-state index contributed by atoms with van der Waals surface area (Å²) < 4.78 is 4.91. The topological polar surface area (TPSA) is 72.3 Å². The summed E-state index contributed by atoms with van der Waals surface area (Å²) in [6.07, 6.45) is 2.23. The molecule has 0 bridgehead atoms. The standard InChI is InChI=1S/C10H14N2O3/c1-3-8-7(4-10(13)14)5-11-9(12-8)6-15-2/h5H,3-4,6H2,1-2H3,(H,13,14). The molecule has 82 valence electrons. The Balaban J connectivity index is 2.92. The van der Waals surface area contributed by atoms with Crippen LogP contribution in [0.2, 0.25) is 0 Å². The van der Waals surface area contributed by atoms with Crippen LogP contribution in [-0.2, 0) is 29.0 Å². The first-order valence-corrected chi connectivity index (χ1v) is 4.71. The van der Waals surface area contributed by atoms with Crippen molar-refractivity contribution >= 4 is 5.97 Å². The van der Waals surface area contributed by atoms with E-state index in [2.05, 4.69) is 9.97 Å². The van der Waals surface area contributed by atoms with E-state index in [-0.39, 0.29) is 6.42 Å². The van der Waals surface area contributed by atoms with E-state index >= 15 is 0 Å². The highest BCUT2D eigenvalue weighted by Crippen LogP contribution is 2.08. The molecule has 0 amide bonds. The molecule has 0 radical (unpaired) electrons. The number of methoxy groups -OCH3 is 1. The van der Waals surface area contributed by atoms with Gasteiger partial charge < -0.3 is 9.84 Å². The molecule has 0 atom stereocenters. The summed E-state index contributed by atoms with van der Waals surface area (Å²) >= 11 is 0. The highest BCUT2D eigenvalue weighted by molar-refractivity contribution is 5.70. The maximum Gasteiger partial charge on any atom is 0.307 e. The molecule has 1 aromatic heterocycles. The number of hydrogen-bond acceptors (Lipinski definition) is 4. The van der Waals surface area contributed by atoms with Crippen LogP contribution in [0.5, 0.6) is 0 Å². The first kappa shape index (κ1) is 11.6. The van der Waals surface area contributed by atoms with Crippen molar-refractivity contribution in [1.82, 2.24) is 9.97 Å². The number of aliphatic carboxylic acids is 1. The molecule has 0 aliphatic rings. The zero-order valence-corrected chi connectivity index (χ0v) is 8.86. The van der Waals surface area contributed by atoms with Crippen molar-refractivity contribution in [3.63, 3.8) is 0 Å². The highest BCUT2D eigenvalue weighted by atomic mass is 16.5. The average Bonchev–Trinajstić information content (AvgIpc) is 2.20. The van der Waals surface area contributed by atoms with Crippen LogP contribution in [0, 0.1) is 0 Å². The summed E-state index contributed by atoms with van der Waals surface area (Å²) in [5.74, 6) is -0.281. The number of rotatable bonds is 5. The predicted molar refractivity (Wildman–Crippen MR) is 53.5 cm³/mol. The fraction of sp³-hybridized carbons (Fsp3) is 0.500. The molecule has 1 aromatic rings. The van der Waals surface area contributed by atoms with Crippen molar-refractivity contribution in [1.29, 1.82) is 0 Å². The average molecular weight is 210 g/mol. The van der Waals surface area contributed by atoms with E-state index in [9.17, 15) is 4.79 Å². The lowest BCUT2D eigenvalue weighted by Gasteiger charge is -2.06. The van der Waals surface area contributed by atoms with Gasteiger partial charge >= 0.3 is 5.97 Å². The van der Waals surface area contributed by atoms with Gasteiger partial charge in [0.1, 0.15) is 6.61 Å². The van der Waals surface area contributed by atoms with E-state index in [4.69, 9.17) is 9.84 Å². The van der Waals surface area contributed by atoms with Gasteiger partial charge in [-0.05, 0) is 6.42 Å². The van der Waals surface area contributed by atoms with Crippen LogP contribution in [-0.4, -0.2) is 28.2 Å². The Morgan fingerprint density at radius 1 is 1.60 bits per heavy atom. The number of nitrogens with zero attached hydrogens (tertiary/aromatic N) is 2. The van der Waals surface area contributed by atoms with Crippen LogP contribution >= 0.6 is 0 Å². The zero-order chi connectivity index (χ0) is 11.3. The molecule has 5 heteroatoms. The Morgan fingerprint density at radius 3 is 2.87 bits per heavy atom. The first-order valence-electron chi connectivity index (χ1n) is 4.71. The highest BCUT2D eigenvalue weighted by Gasteiger charge is 2.08. The van der Waals surface area contributed by atoms with Crippen LogP contribution in [0.15, 0.2) is 6.20 Å². The van der Waals surface area contributed by atoms with Crippen molar-refractivity contribution in [3.05, 3.63) is 23.3 Å². The molecule has 0 spiro atoms. The minimum absolute atomic E-state index is 0.0313. The molecule has 1 N–H and O–H groups in total. The van der Waals surface area contributed by atoms with Gasteiger partial charge in [-0.1, -0.05) is 6.92 Å². The van der Waals surface area contributed by atoms with E-state index in [1.54, 1.807) is 13.3 Å². The molecule has 0 aromatic carbocycles. The Hall–Kier alpha value is -1.49. The Kier molecular flexibility index (Phi) is 4.17. The SMILES string of the molecule is CCc1nc(COC)ncc1CC(=O)O. The minimum Gasteiger partial charge on any atom is -0.481 e. The van der Waals surface area contributed by atoms with Gasteiger partial charge in [0.2, 0.25) is 0 Å². The molecule has 0 aliphatic carbocycles. The second-order valence-corrected chi connectivity index (χ2v) is 3.12. The second-order valence-electron chi connectivity index (χ2n) is 3.12. The summed E-state index contributed by atoms with van der Waals surface area (Å²) in [5, 5.41) is 8.68.